The molecule has 0 heterocycles. The fourth-order valence-electron chi connectivity index (χ4n) is 1.58. The zero-order valence-corrected chi connectivity index (χ0v) is 8.77. The van der Waals surface area contributed by atoms with Crippen molar-refractivity contribution >= 4 is 22.6 Å². The molecule has 0 radical (unpaired) electrons. The van der Waals surface area contributed by atoms with Crippen molar-refractivity contribution in [3.05, 3.63) is 0 Å². The van der Waals surface area contributed by atoms with Crippen LogP contribution in [0.4, 0.5) is 0 Å². The normalized spacial score (nSPS) is 24.9. The van der Waals surface area contributed by atoms with Gasteiger partial charge in [0.15, 0.2) is 0 Å². The lowest BCUT2D eigenvalue weighted by atomic mass is 10.1. The van der Waals surface area contributed by atoms with Crippen LogP contribution in [0.3, 0.4) is 0 Å². The second-order valence-electron chi connectivity index (χ2n) is 3.30. The standard InChI is InChI=1S/C9H17I/c10-9-7-5-3-1-2-4-6-8-9/h9H,1-8H2. The first kappa shape index (κ1) is 8.82. The van der Waals surface area contributed by atoms with Gasteiger partial charge >= 0.3 is 0 Å². The molecule has 60 valence electrons. The molecule has 0 spiro atoms. The molecular weight excluding hydrogens is 235 g/mol. The van der Waals surface area contributed by atoms with Crippen LogP contribution in [0.1, 0.15) is 51.4 Å². The van der Waals surface area contributed by atoms with Crippen molar-refractivity contribution < 1.29 is 0 Å². The Balaban J connectivity index is 2.15. The predicted octanol–water partition coefficient (Wildman–Crippen LogP) is 3.92. The van der Waals surface area contributed by atoms with Gasteiger partial charge in [0.25, 0.3) is 0 Å². The first-order valence-electron chi connectivity index (χ1n) is 4.53. The highest BCUT2D eigenvalue weighted by molar-refractivity contribution is 14.1. The Morgan fingerprint density at radius 1 is 0.700 bits per heavy atom. The van der Waals surface area contributed by atoms with Crippen LogP contribution in [0.25, 0.3) is 0 Å². The molecule has 0 unspecified atom stereocenters. The van der Waals surface area contributed by atoms with Gasteiger partial charge in [-0.05, 0) is 12.8 Å². The molecule has 0 aliphatic heterocycles. The molecule has 1 fully saturated rings. The molecule has 1 heteroatoms. The summed E-state index contributed by atoms with van der Waals surface area (Å²) in [6.07, 6.45) is 11.9. The quantitative estimate of drug-likeness (QED) is 0.452. The average Bonchev–Trinajstić information content (AvgIpc) is 2.02. The zero-order valence-electron chi connectivity index (χ0n) is 6.61. The molecule has 1 aliphatic carbocycles. The van der Waals surface area contributed by atoms with Gasteiger partial charge in [-0.3, -0.25) is 0 Å². The first-order chi connectivity index (χ1) is 4.89. The monoisotopic (exact) mass is 252 g/mol. The third-order valence-electron chi connectivity index (χ3n) is 2.28. The van der Waals surface area contributed by atoms with Crippen LogP contribution >= 0.6 is 22.6 Å². The molecule has 0 amide bonds. The SMILES string of the molecule is IC1CCCCCCCC1. The van der Waals surface area contributed by atoms with Crippen LogP contribution in [0.5, 0.6) is 0 Å². The summed E-state index contributed by atoms with van der Waals surface area (Å²) in [5, 5.41) is 0. The number of halogens is 1. The van der Waals surface area contributed by atoms with Gasteiger partial charge in [-0.25, -0.2) is 0 Å². The number of rotatable bonds is 0. The third-order valence-corrected chi connectivity index (χ3v) is 3.53. The minimum atomic E-state index is 0.982. The van der Waals surface area contributed by atoms with Gasteiger partial charge in [0, 0.05) is 3.92 Å². The molecular formula is C9H17I. The average molecular weight is 252 g/mol. The molecule has 0 aromatic heterocycles. The highest BCUT2D eigenvalue weighted by Gasteiger charge is 2.05. The lowest BCUT2D eigenvalue weighted by Gasteiger charge is -2.05. The number of alkyl halides is 1. The van der Waals surface area contributed by atoms with Crippen molar-refractivity contribution in [2.75, 3.05) is 0 Å². The summed E-state index contributed by atoms with van der Waals surface area (Å²) in [6, 6.07) is 0. The van der Waals surface area contributed by atoms with E-state index in [1.54, 1.807) is 0 Å². The van der Waals surface area contributed by atoms with E-state index in [-0.39, 0.29) is 0 Å². The summed E-state index contributed by atoms with van der Waals surface area (Å²) in [5.41, 5.74) is 0. The van der Waals surface area contributed by atoms with E-state index in [1.807, 2.05) is 0 Å². The molecule has 0 bridgehead atoms. The summed E-state index contributed by atoms with van der Waals surface area (Å²) >= 11 is 2.62. The van der Waals surface area contributed by atoms with Crippen molar-refractivity contribution in [2.45, 2.75) is 55.3 Å². The van der Waals surface area contributed by atoms with E-state index in [1.165, 1.54) is 51.4 Å². The molecule has 10 heavy (non-hydrogen) atoms. The van der Waals surface area contributed by atoms with Gasteiger partial charge < -0.3 is 0 Å². The van der Waals surface area contributed by atoms with E-state index in [0.717, 1.165) is 3.92 Å². The molecule has 1 aliphatic rings. The van der Waals surface area contributed by atoms with Crippen LogP contribution in [0.15, 0.2) is 0 Å². The van der Waals surface area contributed by atoms with Crippen molar-refractivity contribution in [1.82, 2.24) is 0 Å². The predicted molar refractivity (Wildman–Crippen MR) is 54.7 cm³/mol. The highest BCUT2D eigenvalue weighted by atomic mass is 127. The van der Waals surface area contributed by atoms with Crippen molar-refractivity contribution in [2.24, 2.45) is 0 Å². The van der Waals surface area contributed by atoms with Crippen molar-refractivity contribution in [1.29, 1.82) is 0 Å². The fourth-order valence-corrected chi connectivity index (χ4v) is 2.46. The minimum Gasteiger partial charge on any atom is -0.0826 e. The van der Waals surface area contributed by atoms with Gasteiger partial charge in [0.2, 0.25) is 0 Å². The van der Waals surface area contributed by atoms with Crippen LogP contribution < -0.4 is 0 Å². The summed E-state index contributed by atoms with van der Waals surface area (Å²) in [4.78, 5) is 0. The summed E-state index contributed by atoms with van der Waals surface area (Å²) in [7, 11) is 0. The van der Waals surface area contributed by atoms with E-state index in [0.29, 0.717) is 0 Å². The van der Waals surface area contributed by atoms with Crippen molar-refractivity contribution in [3.63, 3.8) is 0 Å². The molecule has 0 saturated heterocycles. The van der Waals surface area contributed by atoms with Gasteiger partial charge in [0.1, 0.15) is 0 Å². The third kappa shape index (κ3) is 3.79. The minimum absolute atomic E-state index is 0.982. The molecule has 0 nitrogen and oxygen atoms in total. The van der Waals surface area contributed by atoms with E-state index in [2.05, 4.69) is 22.6 Å². The van der Waals surface area contributed by atoms with Gasteiger partial charge in [-0.1, -0.05) is 61.1 Å². The Morgan fingerprint density at radius 3 is 1.60 bits per heavy atom. The Bertz CT molecular complexity index is 70.8. The first-order valence-corrected chi connectivity index (χ1v) is 5.78. The molecule has 1 saturated carbocycles. The number of hydrogen-bond donors (Lipinski definition) is 0. The fraction of sp³-hybridized carbons (Fsp3) is 1.00. The maximum Gasteiger partial charge on any atom is 0.0110 e. The van der Waals surface area contributed by atoms with E-state index in [4.69, 9.17) is 0 Å². The lowest BCUT2D eigenvalue weighted by Crippen LogP contribution is -1.95. The highest BCUT2D eigenvalue weighted by Crippen LogP contribution is 2.21. The maximum absolute atomic E-state index is 2.62. The van der Waals surface area contributed by atoms with Gasteiger partial charge in [-0.2, -0.15) is 0 Å². The molecule has 0 atom stereocenters. The summed E-state index contributed by atoms with van der Waals surface area (Å²) in [6.45, 7) is 0. The second kappa shape index (κ2) is 5.39. The Labute approximate surface area is 77.9 Å². The van der Waals surface area contributed by atoms with E-state index >= 15 is 0 Å². The topological polar surface area (TPSA) is 0 Å². The summed E-state index contributed by atoms with van der Waals surface area (Å²) < 4.78 is 0.982. The Kier molecular flexibility index (Phi) is 4.76. The van der Waals surface area contributed by atoms with Crippen LogP contribution in [-0.2, 0) is 0 Å². The molecule has 0 aromatic rings. The van der Waals surface area contributed by atoms with Gasteiger partial charge in [-0.15, -0.1) is 0 Å². The second-order valence-corrected chi connectivity index (χ2v) is 5.06. The smallest absolute Gasteiger partial charge is 0.0110 e. The molecule has 1 rings (SSSR count). The van der Waals surface area contributed by atoms with E-state index in [9.17, 15) is 0 Å². The van der Waals surface area contributed by atoms with Crippen LogP contribution in [0.2, 0.25) is 0 Å². The van der Waals surface area contributed by atoms with Crippen molar-refractivity contribution in [3.8, 4) is 0 Å². The van der Waals surface area contributed by atoms with Crippen LogP contribution in [-0.4, -0.2) is 3.92 Å². The van der Waals surface area contributed by atoms with E-state index < -0.39 is 0 Å². The van der Waals surface area contributed by atoms with Crippen LogP contribution in [0, 0.1) is 0 Å². The maximum atomic E-state index is 2.62. The zero-order chi connectivity index (χ0) is 7.23. The largest absolute Gasteiger partial charge is 0.0826 e. The Morgan fingerprint density at radius 2 is 1.10 bits per heavy atom. The lowest BCUT2D eigenvalue weighted by molar-refractivity contribution is 0.624. The number of hydrogen-bond acceptors (Lipinski definition) is 0. The summed E-state index contributed by atoms with van der Waals surface area (Å²) in [5.74, 6) is 0. The van der Waals surface area contributed by atoms with Gasteiger partial charge in [0.05, 0.1) is 0 Å². The molecule has 0 N–H and O–H groups in total. The Hall–Kier alpha value is 0.730. The molecule has 0 aromatic carbocycles.